The second-order valence-corrected chi connectivity index (χ2v) is 7.75. The first-order valence-corrected chi connectivity index (χ1v) is 10.3. The van der Waals surface area contributed by atoms with E-state index in [2.05, 4.69) is 53.2 Å². The molecule has 0 unspecified atom stereocenters. The summed E-state index contributed by atoms with van der Waals surface area (Å²) in [6.07, 6.45) is 7.04. The highest BCUT2D eigenvalue weighted by molar-refractivity contribution is 5.94. The van der Waals surface area contributed by atoms with Crippen LogP contribution in [0.3, 0.4) is 0 Å². The molecule has 7 heteroatoms. The first-order valence-electron chi connectivity index (χ1n) is 10.3. The molecule has 7 nitrogen and oxygen atoms in total. The minimum absolute atomic E-state index is 0.0941. The number of nitrogens with zero attached hydrogens (tertiary/aromatic N) is 4. The van der Waals surface area contributed by atoms with Crippen LogP contribution in [0.1, 0.15) is 38.1 Å². The zero-order valence-corrected chi connectivity index (χ0v) is 18.0. The van der Waals surface area contributed by atoms with Gasteiger partial charge in [-0.3, -0.25) is 9.69 Å². The molecular weight excluding hydrogens is 376 g/mol. The highest BCUT2D eigenvalue weighted by Crippen LogP contribution is 2.18. The molecule has 0 atom stereocenters. The van der Waals surface area contributed by atoms with E-state index in [0.29, 0.717) is 30.0 Å². The quantitative estimate of drug-likeness (QED) is 0.564. The first kappa shape index (κ1) is 21.5. The van der Waals surface area contributed by atoms with E-state index in [9.17, 15) is 4.79 Å². The van der Waals surface area contributed by atoms with Crippen molar-refractivity contribution in [2.45, 2.75) is 39.8 Å². The molecule has 0 fully saturated rings. The normalized spacial score (nSPS) is 11.3. The van der Waals surface area contributed by atoms with Gasteiger partial charge in [-0.25, -0.2) is 9.97 Å². The van der Waals surface area contributed by atoms with Gasteiger partial charge in [0, 0.05) is 60.7 Å². The van der Waals surface area contributed by atoms with Crippen LogP contribution in [0.15, 0.2) is 61.3 Å². The van der Waals surface area contributed by atoms with Crippen LogP contribution in [0.2, 0.25) is 0 Å². The Morgan fingerprint density at radius 2 is 1.80 bits per heavy atom. The van der Waals surface area contributed by atoms with Gasteiger partial charge in [-0.05, 0) is 64.1 Å². The zero-order chi connectivity index (χ0) is 21.5. The Balaban J connectivity index is 1.58. The SMILES string of the molecule is CC(C)N(CCNC(=O)c1ccnc(Nc2ccc(-n3ccnc3)cc2)c1)C(C)C. The Bertz CT molecular complexity index is 927. The largest absolute Gasteiger partial charge is 0.351 e. The molecule has 2 aromatic heterocycles. The predicted molar refractivity (Wildman–Crippen MR) is 120 cm³/mol. The first-order chi connectivity index (χ1) is 14.4. The minimum Gasteiger partial charge on any atom is -0.351 e. The smallest absolute Gasteiger partial charge is 0.251 e. The second kappa shape index (κ2) is 10.0. The number of rotatable bonds is 9. The van der Waals surface area contributed by atoms with Gasteiger partial charge >= 0.3 is 0 Å². The molecule has 0 saturated heterocycles. The molecule has 2 N–H and O–H groups in total. The van der Waals surface area contributed by atoms with Gasteiger partial charge in [-0.15, -0.1) is 0 Å². The van der Waals surface area contributed by atoms with E-state index in [1.807, 2.05) is 35.0 Å². The van der Waals surface area contributed by atoms with Gasteiger partial charge in [-0.2, -0.15) is 0 Å². The van der Waals surface area contributed by atoms with Crippen LogP contribution in [0.5, 0.6) is 0 Å². The fraction of sp³-hybridized carbons (Fsp3) is 0.348. The van der Waals surface area contributed by atoms with Crippen LogP contribution >= 0.6 is 0 Å². The standard InChI is InChI=1S/C23H30N6O/c1-17(2)29(18(3)4)14-12-26-23(30)19-9-10-25-22(15-19)27-20-5-7-21(8-6-20)28-13-11-24-16-28/h5-11,13,15-18H,12,14H2,1-4H3,(H,25,27)(H,26,30). The van der Waals surface area contributed by atoms with E-state index in [0.717, 1.165) is 17.9 Å². The number of aromatic nitrogens is 3. The van der Waals surface area contributed by atoms with Crippen LogP contribution < -0.4 is 10.6 Å². The summed E-state index contributed by atoms with van der Waals surface area (Å²) in [6, 6.07) is 12.3. The number of hydrogen-bond donors (Lipinski definition) is 2. The summed E-state index contributed by atoms with van der Waals surface area (Å²) >= 11 is 0. The average molecular weight is 407 g/mol. The molecule has 0 aliphatic rings. The van der Waals surface area contributed by atoms with Crippen molar-refractivity contribution in [2.24, 2.45) is 0 Å². The number of anilines is 2. The highest BCUT2D eigenvalue weighted by atomic mass is 16.1. The summed E-state index contributed by atoms with van der Waals surface area (Å²) in [5, 5.41) is 6.26. The van der Waals surface area contributed by atoms with Crippen molar-refractivity contribution in [1.29, 1.82) is 0 Å². The molecule has 1 amide bonds. The molecule has 0 aliphatic heterocycles. The highest BCUT2D eigenvalue weighted by Gasteiger charge is 2.14. The number of nitrogens with one attached hydrogen (secondary N) is 2. The Labute approximate surface area is 178 Å². The van der Waals surface area contributed by atoms with Gasteiger partial charge in [0.25, 0.3) is 5.91 Å². The van der Waals surface area contributed by atoms with Crippen LogP contribution in [0, 0.1) is 0 Å². The molecule has 0 saturated carbocycles. The van der Waals surface area contributed by atoms with Crippen molar-refractivity contribution < 1.29 is 4.79 Å². The van der Waals surface area contributed by atoms with Crippen molar-refractivity contribution in [3.63, 3.8) is 0 Å². The maximum Gasteiger partial charge on any atom is 0.251 e. The molecule has 158 valence electrons. The third-order valence-electron chi connectivity index (χ3n) is 4.95. The number of carbonyl (C=O) groups excluding carboxylic acids is 1. The molecule has 0 aliphatic carbocycles. The molecule has 3 aromatic rings. The Morgan fingerprint density at radius 3 is 2.43 bits per heavy atom. The van der Waals surface area contributed by atoms with Gasteiger partial charge in [0.2, 0.25) is 0 Å². The monoisotopic (exact) mass is 406 g/mol. The topological polar surface area (TPSA) is 75.1 Å². The molecule has 0 radical (unpaired) electrons. The molecule has 1 aromatic carbocycles. The summed E-state index contributed by atoms with van der Waals surface area (Å²) in [5.41, 5.74) is 2.51. The summed E-state index contributed by atoms with van der Waals surface area (Å²) in [4.78, 5) is 23.3. The fourth-order valence-electron chi connectivity index (χ4n) is 3.43. The third-order valence-corrected chi connectivity index (χ3v) is 4.95. The second-order valence-electron chi connectivity index (χ2n) is 7.75. The van der Waals surface area contributed by atoms with Gasteiger partial charge in [0.15, 0.2) is 0 Å². The lowest BCUT2D eigenvalue weighted by molar-refractivity contribution is 0.0939. The summed E-state index contributed by atoms with van der Waals surface area (Å²) in [5.74, 6) is 0.535. The van der Waals surface area contributed by atoms with E-state index in [4.69, 9.17) is 0 Å². The molecule has 30 heavy (non-hydrogen) atoms. The summed E-state index contributed by atoms with van der Waals surface area (Å²) < 4.78 is 1.94. The van der Waals surface area contributed by atoms with Crippen LogP contribution in [0.25, 0.3) is 5.69 Å². The van der Waals surface area contributed by atoms with Gasteiger partial charge in [-0.1, -0.05) is 0 Å². The van der Waals surface area contributed by atoms with Crippen molar-refractivity contribution in [2.75, 3.05) is 18.4 Å². The summed E-state index contributed by atoms with van der Waals surface area (Å²) in [6.45, 7) is 10.1. The molecule has 2 heterocycles. The maximum absolute atomic E-state index is 12.6. The number of hydrogen-bond acceptors (Lipinski definition) is 5. The van der Waals surface area contributed by atoms with Crippen molar-refractivity contribution in [3.8, 4) is 5.69 Å². The molecule has 0 bridgehead atoms. The van der Waals surface area contributed by atoms with Gasteiger partial charge in [0.1, 0.15) is 5.82 Å². The van der Waals surface area contributed by atoms with Gasteiger partial charge < -0.3 is 15.2 Å². The van der Waals surface area contributed by atoms with Gasteiger partial charge in [0.05, 0.1) is 6.33 Å². The fourth-order valence-corrected chi connectivity index (χ4v) is 3.43. The average Bonchev–Trinajstić information content (AvgIpc) is 3.26. The van der Waals surface area contributed by atoms with E-state index >= 15 is 0 Å². The van der Waals surface area contributed by atoms with E-state index in [1.165, 1.54) is 0 Å². The number of amides is 1. The van der Waals surface area contributed by atoms with E-state index in [1.54, 1.807) is 30.9 Å². The van der Waals surface area contributed by atoms with E-state index < -0.39 is 0 Å². The predicted octanol–water partition coefficient (Wildman–Crippen LogP) is 3.86. The third kappa shape index (κ3) is 5.67. The Kier molecular flexibility index (Phi) is 7.19. The number of imidazole rings is 1. The Morgan fingerprint density at radius 1 is 1.07 bits per heavy atom. The zero-order valence-electron chi connectivity index (χ0n) is 18.0. The number of carbonyl (C=O) groups is 1. The lowest BCUT2D eigenvalue weighted by atomic mass is 10.2. The molecule has 0 spiro atoms. The Hall–Kier alpha value is -3.19. The van der Waals surface area contributed by atoms with Crippen molar-refractivity contribution in [3.05, 3.63) is 66.9 Å². The lowest BCUT2D eigenvalue weighted by Crippen LogP contribution is -2.42. The maximum atomic E-state index is 12.6. The van der Waals surface area contributed by atoms with Crippen LogP contribution in [0.4, 0.5) is 11.5 Å². The molecule has 3 rings (SSSR count). The van der Waals surface area contributed by atoms with Crippen molar-refractivity contribution >= 4 is 17.4 Å². The van der Waals surface area contributed by atoms with Crippen LogP contribution in [-0.2, 0) is 0 Å². The molecular formula is C23H30N6O. The minimum atomic E-state index is -0.0941. The number of benzene rings is 1. The lowest BCUT2D eigenvalue weighted by Gasteiger charge is -2.30. The summed E-state index contributed by atoms with van der Waals surface area (Å²) in [7, 11) is 0. The van der Waals surface area contributed by atoms with Crippen molar-refractivity contribution in [1.82, 2.24) is 24.8 Å². The number of pyridine rings is 1. The van der Waals surface area contributed by atoms with Crippen LogP contribution in [-0.4, -0.2) is 50.5 Å². The van der Waals surface area contributed by atoms with E-state index in [-0.39, 0.29) is 5.91 Å².